The first-order valence-corrected chi connectivity index (χ1v) is 12.6. The quantitative estimate of drug-likeness (QED) is 0.203. The third kappa shape index (κ3) is 3.44. The molecule has 2 aromatic heterocycles. The van der Waals surface area contributed by atoms with Crippen LogP contribution in [0.5, 0.6) is 0 Å². The second kappa shape index (κ2) is 8.53. The number of fused-ring (bicyclic) bond motifs is 3. The summed E-state index contributed by atoms with van der Waals surface area (Å²) in [6, 6.07) is 33.7. The van der Waals surface area contributed by atoms with Crippen molar-refractivity contribution in [2.75, 3.05) is 0 Å². The van der Waals surface area contributed by atoms with Crippen molar-refractivity contribution in [3.63, 3.8) is 0 Å². The van der Waals surface area contributed by atoms with Crippen molar-refractivity contribution in [3.05, 3.63) is 131 Å². The molecule has 0 saturated carbocycles. The van der Waals surface area contributed by atoms with Crippen LogP contribution in [0.15, 0.2) is 109 Å². The van der Waals surface area contributed by atoms with E-state index in [2.05, 4.69) is 21.3 Å². The molecule has 0 amide bonds. The van der Waals surface area contributed by atoms with Crippen LogP contribution in [0, 0.1) is 0 Å². The zero-order valence-corrected chi connectivity index (χ0v) is 20.8. The molecule has 0 saturated heterocycles. The lowest BCUT2D eigenvalue weighted by Crippen LogP contribution is -2.05. The number of rotatable bonds is 4. The molecule has 0 fully saturated rings. The van der Waals surface area contributed by atoms with E-state index < -0.39 is 0 Å². The van der Waals surface area contributed by atoms with Crippen molar-refractivity contribution in [1.29, 1.82) is 0 Å². The van der Waals surface area contributed by atoms with E-state index in [1.807, 2.05) is 98.0 Å². The summed E-state index contributed by atoms with van der Waals surface area (Å²) in [5, 5.41) is 1.90. The van der Waals surface area contributed by atoms with Crippen molar-refractivity contribution >= 4 is 39.6 Å². The summed E-state index contributed by atoms with van der Waals surface area (Å²) in [5.74, 6) is 0.402. The molecular formula is C33H23N3O2. The molecule has 7 rings (SSSR count). The van der Waals surface area contributed by atoms with Crippen molar-refractivity contribution < 1.29 is 9.59 Å². The summed E-state index contributed by atoms with van der Waals surface area (Å²) < 4.78 is 4.15. The van der Waals surface area contributed by atoms with Gasteiger partial charge in [0.05, 0.1) is 11.1 Å². The first-order valence-electron chi connectivity index (χ1n) is 12.6. The van der Waals surface area contributed by atoms with Crippen LogP contribution in [-0.2, 0) is 13.6 Å². The van der Waals surface area contributed by atoms with E-state index >= 15 is 0 Å². The SMILES string of the molecule is Cn1c(-c2ccccc2)nc2c1cc(C=C1C(=O)c3cc4ccccc4cc3C1=O)n2Cc1ccccc1. The third-order valence-electron chi connectivity index (χ3n) is 7.34. The van der Waals surface area contributed by atoms with Crippen molar-refractivity contribution in [2.45, 2.75) is 6.54 Å². The molecule has 5 nitrogen and oxygen atoms in total. The Balaban J connectivity index is 1.39. The number of ketones is 2. The lowest BCUT2D eigenvalue weighted by molar-refractivity contribution is 0.0990. The Morgan fingerprint density at radius 2 is 1.32 bits per heavy atom. The van der Waals surface area contributed by atoms with Gasteiger partial charge in [-0.1, -0.05) is 84.9 Å². The molecule has 0 atom stereocenters. The minimum Gasteiger partial charge on any atom is -0.326 e. The average molecular weight is 494 g/mol. The molecule has 0 N–H and O–H groups in total. The summed E-state index contributed by atoms with van der Waals surface area (Å²) in [6.07, 6.45) is 1.74. The zero-order chi connectivity index (χ0) is 25.8. The molecule has 1 aliphatic rings. The summed E-state index contributed by atoms with van der Waals surface area (Å²) in [6.45, 7) is 0.563. The number of benzene rings is 4. The van der Waals surface area contributed by atoms with Crippen LogP contribution < -0.4 is 0 Å². The molecule has 0 aliphatic heterocycles. The van der Waals surface area contributed by atoms with Gasteiger partial charge < -0.3 is 9.13 Å². The van der Waals surface area contributed by atoms with Gasteiger partial charge in [0.1, 0.15) is 5.82 Å². The maximum Gasteiger partial charge on any atom is 0.197 e. The predicted octanol–water partition coefficient (Wildman–Crippen LogP) is 6.71. The molecule has 0 bridgehead atoms. The monoisotopic (exact) mass is 493 g/mol. The van der Waals surface area contributed by atoms with Gasteiger partial charge in [0.25, 0.3) is 0 Å². The Hall–Kier alpha value is -5.03. The first-order chi connectivity index (χ1) is 18.6. The average Bonchev–Trinajstić information content (AvgIpc) is 3.54. The fraction of sp³-hybridized carbons (Fsp3) is 0.0606. The number of aryl methyl sites for hydroxylation is 1. The van der Waals surface area contributed by atoms with Crippen LogP contribution in [0.4, 0.5) is 0 Å². The fourth-order valence-corrected chi connectivity index (χ4v) is 5.38. The Morgan fingerprint density at radius 3 is 1.95 bits per heavy atom. The van der Waals surface area contributed by atoms with Crippen molar-refractivity contribution in [2.24, 2.45) is 7.05 Å². The third-order valence-corrected chi connectivity index (χ3v) is 7.34. The van der Waals surface area contributed by atoms with E-state index in [0.29, 0.717) is 17.7 Å². The standard InChI is InChI=1S/C33H23N3O2/c1-35-29-19-25(18-28-30(37)26-16-23-14-8-9-15-24(23)17-27(26)31(28)38)36(20-21-10-4-2-5-11-21)33(29)34-32(35)22-12-6-3-7-13-22/h2-19H,20H2,1H3. The highest BCUT2D eigenvalue weighted by Gasteiger charge is 2.34. The first kappa shape index (κ1) is 22.2. The Kier molecular flexibility index (Phi) is 4.98. The van der Waals surface area contributed by atoms with Gasteiger partial charge in [0.2, 0.25) is 0 Å². The van der Waals surface area contributed by atoms with E-state index in [4.69, 9.17) is 4.98 Å². The fourth-order valence-electron chi connectivity index (χ4n) is 5.38. The molecular weight excluding hydrogens is 470 g/mol. The van der Waals surface area contributed by atoms with E-state index in [-0.39, 0.29) is 17.1 Å². The Morgan fingerprint density at radius 1 is 0.737 bits per heavy atom. The van der Waals surface area contributed by atoms with Gasteiger partial charge in [-0.25, -0.2) is 4.98 Å². The van der Waals surface area contributed by atoms with Crippen LogP contribution in [0.2, 0.25) is 0 Å². The van der Waals surface area contributed by atoms with E-state index in [0.717, 1.165) is 44.6 Å². The molecule has 5 heteroatoms. The number of hydrogen-bond donors (Lipinski definition) is 0. The number of Topliss-reactive ketones (excluding diaryl/α,β-unsaturated/α-hetero) is 2. The summed E-state index contributed by atoms with van der Waals surface area (Å²) in [5.41, 5.74) is 5.78. The highest BCUT2D eigenvalue weighted by atomic mass is 16.2. The number of hydrogen-bond acceptors (Lipinski definition) is 3. The summed E-state index contributed by atoms with van der Waals surface area (Å²) in [7, 11) is 1.99. The van der Waals surface area contributed by atoms with Crippen LogP contribution in [0.3, 0.4) is 0 Å². The van der Waals surface area contributed by atoms with Crippen LogP contribution in [0.25, 0.3) is 39.4 Å². The highest BCUT2D eigenvalue weighted by Crippen LogP contribution is 2.33. The lowest BCUT2D eigenvalue weighted by atomic mass is 10.0. The lowest BCUT2D eigenvalue weighted by Gasteiger charge is -2.08. The second-order valence-electron chi connectivity index (χ2n) is 9.67. The predicted molar refractivity (Wildman–Crippen MR) is 150 cm³/mol. The van der Waals surface area contributed by atoms with E-state index in [1.54, 1.807) is 6.08 Å². The molecule has 0 radical (unpaired) electrons. The molecule has 0 unspecified atom stereocenters. The Bertz CT molecular complexity index is 1870. The van der Waals surface area contributed by atoms with Gasteiger partial charge in [-0.2, -0.15) is 0 Å². The molecule has 4 aromatic carbocycles. The molecule has 6 aromatic rings. The second-order valence-corrected chi connectivity index (χ2v) is 9.67. The summed E-state index contributed by atoms with van der Waals surface area (Å²) in [4.78, 5) is 31.9. The number of nitrogens with zero attached hydrogens (tertiary/aromatic N) is 3. The van der Waals surface area contributed by atoms with Crippen molar-refractivity contribution in [1.82, 2.24) is 14.1 Å². The normalized spacial score (nSPS) is 13.0. The minimum absolute atomic E-state index is 0.190. The van der Waals surface area contributed by atoms with Gasteiger partial charge in [0.15, 0.2) is 17.2 Å². The highest BCUT2D eigenvalue weighted by molar-refractivity contribution is 6.42. The zero-order valence-electron chi connectivity index (χ0n) is 20.8. The number of imidazole rings is 1. The summed E-state index contributed by atoms with van der Waals surface area (Å²) >= 11 is 0. The minimum atomic E-state index is -0.231. The Labute approximate surface area is 219 Å². The number of carbonyl (C=O) groups is 2. The number of carbonyl (C=O) groups excluding carboxylic acids is 2. The van der Waals surface area contributed by atoms with E-state index in [9.17, 15) is 9.59 Å². The maximum atomic E-state index is 13.5. The largest absolute Gasteiger partial charge is 0.326 e. The molecule has 1 aliphatic carbocycles. The van der Waals surface area contributed by atoms with Gasteiger partial charge in [0, 0.05) is 36.0 Å². The van der Waals surface area contributed by atoms with Crippen LogP contribution >= 0.6 is 0 Å². The molecule has 182 valence electrons. The number of aromatic nitrogens is 3. The smallest absolute Gasteiger partial charge is 0.197 e. The molecule has 2 heterocycles. The molecule has 0 spiro atoms. The van der Waals surface area contributed by atoms with Crippen LogP contribution in [-0.4, -0.2) is 25.7 Å². The van der Waals surface area contributed by atoms with Gasteiger partial charge in [-0.15, -0.1) is 0 Å². The van der Waals surface area contributed by atoms with Gasteiger partial charge >= 0.3 is 0 Å². The molecule has 38 heavy (non-hydrogen) atoms. The topological polar surface area (TPSA) is 56.9 Å². The van der Waals surface area contributed by atoms with Crippen molar-refractivity contribution in [3.8, 4) is 11.4 Å². The number of allylic oxidation sites excluding steroid dienone is 1. The maximum absolute atomic E-state index is 13.5. The van der Waals surface area contributed by atoms with E-state index in [1.165, 1.54) is 0 Å². The van der Waals surface area contributed by atoms with Gasteiger partial charge in [-0.3, -0.25) is 9.59 Å². The van der Waals surface area contributed by atoms with Crippen LogP contribution in [0.1, 0.15) is 32.0 Å². The van der Waals surface area contributed by atoms with Gasteiger partial charge in [-0.05, 0) is 40.6 Å².